The van der Waals surface area contributed by atoms with Gasteiger partial charge >= 0.3 is 5.97 Å². The van der Waals surface area contributed by atoms with Crippen LogP contribution in [0, 0.1) is 13.8 Å². The maximum absolute atomic E-state index is 13.1. The van der Waals surface area contributed by atoms with Gasteiger partial charge in [0.1, 0.15) is 0 Å². The minimum Gasteiger partial charge on any atom is -0.461 e. The third-order valence-corrected chi connectivity index (χ3v) is 5.25. The van der Waals surface area contributed by atoms with E-state index in [4.69, 9.17) is 9.15 Å². The molecular formula is C21H22N2O4S. The number of esters is 1. The number of nitrogens with zero attached hydrogens (tertiary/aromatic N) is 2. The van der Waals surface area contributed by atoms with Crippen molar-refractivity contribution < 1.29 is 18.7 Å². The first-order chi connectivity index (χ1) is 13.5. The van der Waals surface area contributed by atoms with E-state index in [-0.39, 0.29) is 24.0 Å². The summed E-state index contributed by atoms with van der Waals surface area (Å²) >= 11 is 1.29. The highest BCUT2D eigenvalue weighted by molar-refractivity contribution is 7.16. The molecule has 0 bridgehead atoms. The summed E-state index contributed by atoms with van der Waals surface area (Å²) in [6, 6.07) is 11.7. The van der Waals surface area contributed by atoms with Gasteiger partial charge in [0.2, 0.25) is 0 Å². The van der Waals surface area contributed by atoms with Gasteiger partial charge in [0.25, 0.3) is 5.91 Å². The number of aryl methyl sites for hydroxylation is 2. The number of rotatable bonds is 7. The molecule has 0 saturated carbocycles. The van der Waals surface area contributed by atoms with Gasteiger partial charge in [-0.1, -0.05) is 30.3 Å². The molecule has 28 heavy (non-hydrogen) atoms. The molecule has 0 N–H and O–H groups in total. The normalized spacial score (nSPS) is 10.7. The van der Waals surface area contributed by atoms with E-state index in [0.717, 1.165) is 11.1 Å². The molecule has 146 valence electrons. The van der Waals surface area contributed by atoms with E-state index in [1.807, 2.05) is 37.3 Å². The zero-order valence-electron chi connectivity index (χ0n) is 16.1. The average Bonchev–Trinajstić information content (AvgIpc) is 3.28. The minimum atomic E-state index is -0.480. The van der Waals surface area contributed by atoms with Crippen molar-refractivity contribution in [3.8, 4) is 0 Å². The van der Waals surface area contributed by atoms with Crippen LogP contribution in [-0.2, 0) is 11.2 Å². The van der Waals surface area contributed by atoms with Crippen LogP contribution in [0.3, 0.4) is 0 Å². The summed E-state index contributed by atoms with van der Waals surface area (Å²) < 4.78 is 10.5. The lowest BCUT2D eigenvalue weighted by Crippen LogP contribution is -2.33. The molecular weight excluding hydrogens is 376 g/mol. The fraction of sp³-hybridized carbons (Fsp3) is 0.286. The Balaban J connectivity index is 1.92. The smallest absolute Gasteiger partial charge is 0.358 e. The Kier molecular flexibility index (Phi) is 6.26. The number of ether oxygens (including phenoxy) is 1. The first-order valence-electron chi connectivity index (χ1n) is 9.05. The van der Waals surface area contributed by atoms with Gasteiger partial charge in [-0.2, -0.15) is 0 Å². The molecule has 6 nitrogen and oxygen atoms in total. The summed E-state index contributed by atoms with van der Waals surface area (Å²) in [5, 5.41) is 0.456. The van der Waals surface area contributed by atoms with E-state index >= 15 is 0 Å². The second-order valence-corrected chi connectivity index (χ2v) is 7.43. The minimum absolute atomic E-state index is 0.246. The number of anilines is 1. The van der Waals surface area contributed by atoms with Gasteiger partial charge in [0.05, 0.1) is 12.9 Å². The zero-order chi connectivity index (χ0) is 20.1. The first-order valence-corrected chi connectivity index (χ1v) is 9.87. The molecule has 0 aliphatic rings. The van der Waals surface area contributed by atoms with Crippen LogP contribution in [0.5, 0.6) is 0 Å². The molecule has 0 saturated heterocycles. The molecule has 0 spiro atoms. The van der Waals surface area contributed by atoms with Crippen LogP contribution >= 0.6 is 11.3 Å². The number of carbonyl (C=O) groups is 2. The number of hydrogen-bond donors (Lipinski definition) is 0. The van der Waals surface area contributed by atoms with E-state index in [1.54, 1.807) is 24.8 Å². The van der Waals surface area contributed by atoms with Crippen molar-refractivity contribution in [2.45, 2.75) is 27.2 Å². The Bertz CT molecular complexity index is 962. The van der Waals surface area contributed by atoms with Gasteiger partial charge in [0.15, 0.2) is 16.6 Å². The van der Waals surface area contributed by atoms with Crippen LogP contribution < -0.4 is 4.90 Å². The summed E-state index contributed by atoms with van der Waals surface area (Å²) in [5.41, 5.74) is 2.11. The fourth-order valence-electron chi connectivity index (χ4n) is 2.77. The van der Waals surface area contributed by atoms with Crippen molar-refractivity contribution in [1.29, 1.82) is 0 Å². The largest absolute Gasteiger partial charge is 0.461 e. The maximum atomic E-state index is 13.1. The molecule has 0 fully saturated rings. The molecule has 0 aliphatic carbocycles. The molecule has 3 rings (SSSR count). The predicted molar refractivity (Wildman–Crippen MR) is 108 cm³/mol. The molecule has 1 amide bonds. The van der Waals surface area contributed by atoms with Crippen molar-refractivity contribution in [1.82, 2.24) is 4.98 Å². The number of furan rings is 1. The third kappa shape index (κ3) is 4.31. The second-order valence-electron chi connectivity index (χ2n) is 6.25. The topological polar surface area (TPSA) is 72.6 Å². The Morgan fingerprint density at radius 1 is 1.18 bits per heavy atom. The van der Waals surface area contributed by atoms with Crippen LogP contribution in [0.25, 0.3) is 0 Å². The summed E-state index contributed by atoms with van der Waals surface area (Å²) in [6.45, 7) is 6.05. The molecule has 3 aromatic rings. The number of hydrogen-bond acceptors (Lipinski definition) is 6. The van der Waals surface area contributed by atoms with E-state index in [0.29, 0.717) is 23.0 Å². The van der Waals surface area contributed by atoms with E-state index < -0.39 is 5.97 Å². The molecule has 1 aromatic carbocycles. The Hall–Kier alpha value is -2.93. The molecule has 0 radical (unpaired) electrons. The monoisotopic (exact) mass is 398 g/mol. The first kappa shape index (κ1) is 19.8. The lowest BCUT2D eigenvalue weighted by Gasteiger charge is -2.19. The lowest BCUT2D eigenvalue weighted by atomic mass is 10.1. The van der Waals surface area contributed by atoms with Crippen molar-refractivity contribution in [3.63, 3.8) is 0 Å². The number of carbonyl (C=O) groups excluding carboxylic acids is 2. The summed E-state index contributed by atoms with van der Waals surface area (Å²) in [7, 11) is 0. The van der Waals surface area contributed by atoms with Gasteiger partial charge in [-0.05, 0) is 38.8 Å². The number of benzene rings is 1. The highest BCUT2D eigenvalue weighted by Crippen LogP contribution is 2.28. The highest BCUT2D eigenvalue weighted by Gasteiger charge is 2.27. The molecule has 0 atom stereocenters. The second kappa shape index (κ2) is 8.84. The van der Waals surface area contributed by atoms with Crippen LogP contribution in [0.1, 0.15) is 44.0 Å². The fourth-order valence-corrected chi connectivity index (χ4v) is 3.69. The zero-order valence-corrected chi connectivity index (χ0v) is 16.9. The third-order valence-electron chi connectivity index (χ3n) is 4.25. The summed E-state index contributed by atoms with van der Waals surface area (Å²) in [6.07, 6.45) is 2.15. The molecule has 2 heterocycles. The van der Waals surface area contributed by atoms with Gasteiger partial charge in [0, 0.05) is 17.0 Å². The van der Waals surface area contributed by atoms with Crippen molar-refractivity contribution in [3.05, 3.63) is 70.1 Å². The van der Waals surface area contributed by atoms with Gasteiger partial charge in [-0.3, -0.25) is 9.69 Å². The Labute approximate surface area is 167 Å². The summed E-state index contributed by atoms with van der Waals surface area (Å²) in [5.74, 6) is -0.478. The SMILES string of the molecule is CCOC(=O)c1nc(N(CCc2ccccc2)C(=O)c2occc2C)sc1C. The van der Waals surface area contributed by atoms with Gasteiger partial charge < -0.3 is 9.15 Å². The van der Waals surface area contributed by atoms with Crippen LogP contribution in [-0.4, -0.2) is 30.0 Å². The lowest BCUT2D eigenvalue weighted by molar-refractivity contribution is 0.0519. The van der Waals surface area contributed by atoms with Crippen LogP contribution in [0.2, 0.25) is 0 Å². The van der Waals surface area contributed by atoms with Crippen LogP contribution in [0.4, 0.5) is 5.13 Å². The Morgan fingerprint density at radius 3 is 2.57 bits per heavy atom. The molecule has 0 aliphatic heterocycles. The van der Waals surface area contributed by atoms with Crippen molar-refractivity contribution in [2.75, 3.05) is 18.1 Å². The quantitative estimate of drug-likeness (QED) is 0.551. The number of aromatic nitrogens is 1. The molecule has 0 unspecified atom stereocenters. The molecule has 7 heteroatoms. The molecule has 2 aromatic heterocycles. The van der Waals surface area contributed by atoms with E-state index in [9.17, 15) is 9.59 Å². The summed E-state index contributed by atoms with van der Waals surface area (Å²) in [4.78, 5) is 32.0. The maximum Gasteiger partial charge on any atom is 0.358 e. The average molecular weight is 398 g/mol. The van der Waals surface area contributed by atoms with Crippen molar-refractivity contribution >= 4 is 28.3 Å². The van der Waals surface area contributed by atoms with E-state index in [2.05, 4.69) is 4.98 Å². The number of amides is 1. The highest BCUT2D eigenvalue weighted by atomic mass is 32.1. The standard InChI is InChI=1S/C21H22N2O4S/c1-4-26-20(25)17-15(3)28-21(22-17)23(12-10-16-8-6-5-7-9-16)19(24)18-14(2)11-13-27-18/h5-9,11,13H,4,10,12H2,1-3H3. The van der Waals surface area contributed by atoms with Crippen molar-refractivity contribution in [2.24, 2.45) is 0 Å². The van der Waals surface area contributed by atoms with E-state index in [1.165, 1.54) is 17.6 Å². The number of thiazole rings is 1. The van der Waals surface area contributed by atoms with Gasteiger partial charge in [-0.25, -0.2) is 9.78 Å². The Morgan fingerprint density at radius 2 is 1.93 bits per heavy atom. The predicted octanol–water partition coefficient (Wildman–Crippen LogP) is 4.42. The van der Waals surface area contributed by atoms with Gasteiger partial charge in [-0.15, -0.1) is 11.3 Å². The van der Waals surface area contributed by atoms with Crippen LogP contribution in [0.15, 0.2) is 47.1 Å².